The molecule has 1 fully saturated rings. The number of amides is 2. The summed E-state index contributed by atoms with van der Waals surface area (Å²) in [7, 11) is 1.61. The van der Waals surface area contributed by atoms with Crippen LogP contribution in [0.1, 0.15) is 38.4 Å². The number of nitrogens with zero attached hydrogens (tertiary/aromatic N) is 3. The van der Waals surface area contributed by atoms with Crippen LogP contribution in [0.2, 0.25) is 0 Å². The van der Waals surface area contributed by atoms with Gasteiger partial charge in [-0.05, 0) is 18.3 Å². The molecule has 23 heavy (non-hydrogen) atoms. The predicted molar refractivity (Wildman–Crippen MR) is 82.7 cm³/mol. The van der Waals surface area contributed by atoms with E-state index >= 15 is 0 Å². The number of nitrogens with one attached hydrogen (secondary N) is 1. The number of carbonyl (C=O) groups is 1. The van der Waals surface area contributed by atoms with Gasteiger partial charge in [0.05, 0.1) is 25.7 Å². The molecule has 1 atom stereocenters. The van der Waals surface area contributed by atoms with Gasteiger partial charge in [0.25, 0.3) is 0 Å². The summed E-state index contributed by atoms with van der Waals surface area (Å²) in [5.74, 6) is 0.939. The van der Waals surface area contributed by atoms with Crippen molar-refractivity contribution < 1.29 is 19.2 Å². The first-order chi connectivity index (χ1) is 10.9. The number of methoxy groups -OCH3 is 1. The Labute approximate surface area is 136 Å². The molecule has 1 aromatic heterocycles. The second-order valence-electron chi connectivity index (χ2n) is 6.74. The Morgan fingerprint density at radius 1 is 1.57 bits per heavy atom. The van der Waals surface area contributed by atoms with E-state index < -0.39 is 0 Å². The predicted octanol–water partition coefficient (Wildman–Crippen LogP) is 0.951. The lowest BCUT2D eigenvalue weighted by Gasteiger charge is -2.29. The van der Waals surface area contributed by atoms with Crippen LogP contribution in [0.4, 0.5) is 4.79 Å². The second kappa shape index (κ2) is 7.74. The molecule has 2 rings (SSSR count). The van der Waals surface area contributed by atoms with Gasteiger partial charge in [0.15, 0.2) is 5.82 Å². The van der Waals surface area contributed by atoms with Crippen molar-refractivity contribution in [2.75, 3.05) is 26.8 Å². The third kappa shape index (κ3) is 5.47. The Hall–Kier alpha value is -1.67. The molecule has 2 N–H and O–H groups in total. The van der Waals surface area contributed by atoms with E-state index in [0.717, 1.165) is 0 Å². The number of urea groups is 1. The molecule has 2 amide bonds. The summed E-state index contributed by atoms with van der Waals surface area (Å²) < 4.78 is 10.0. The van der Waals surface area contributed by atoms with Crippen molar-refractivity contribution in [1.82, 2.24) is 20.4 Å². The molecular formula is C15H26N4O4. The van der Waals surface area contributed by atoms with Crippen LogP contribution < -0.4 is 5.32 Å². The van der Waals surface area contributed by atoms with Crippen molar-refractivity contribution in [1.29, 1.82) is 0 Å². The third-order valence-electron chi connectivity index (χ3n) is 3.85. The number of hydrogen-bond acceptors (Lipinski definition) is 6. The van der Waals surface area contributed by atoms with E-state index in [9.17, 15) is 9.90 Å². The highest BCUT2D eigenvalue weighted by molar-refractivity contribution is 5.74. The lowest BCUT2D eigenvalue weighted by Crippen LogP contribution is -2.43. The van der Waals surface area contributed by atoms with E-state index in [-0.39, 0.29) is 24.1 Å². The SMILES string of the molecule is COCCc1nc(CNC(=O)N2CC[C@H](O)CC(C)(C)C2)no1. The highest BCUT2D eigenvalue weighted by atomic mass is 16.5. The minimum atomic E-state index is -0.358. The first kappa shape index (κ1) is 17.7. The first-order valence-corrected chi connectivity index (χ1v) is 7.91. The van der Waals surface area contributed by atoms with E-state index in [0.29, 0.717) is 50.7 Å². The van der Waals surface area contributed by atoms with Gasteiger partial charge in [-0.2, -0.15) is 4.98 Å². The zero-order chi connectivity index (χ0) is 16.9. The molecule has 130 valence electrons. The summed E-state index contributed by atoms with van der Waals surface area (Å²) in [5.41, 5.74) is -0.104. The van der Waals surface area contributed by atoms with Gasteiger partial charge >= 0.3 is 6.03 Å². The van der Waals surface area contributed by atoms with Crippen molar-refractivity contribution in [2.45, 2.75) is 45.8 Å². The van der Waals surface area contributed by atoms with Crippen molar-refractivity contribution in [3.05, 3.63) is 11.7 Å². The van der Waals surface area contributed by atoms with E-state index in [1.165, 1.54) is 0 Å². The normalized spacial score (nSPS) is 21.0. The minimum absolute atomic E-state index is 0.104. The van der Waals surface area contributed by atoms with Crippen molar-refractivity contribution in [3.8, 4) is 0 Å². The van der Waals surface area contributed by atoms with Crippen LogP contribution in [0.25, 0.3) is 0 Å². The lowest BCUT2D eigenvalue weighted by molar-refractivity contribution is 0.121. The Kier molecular flexibility index (Phi) is 5.95. The molecule has 0 saturated carbocycles. The van der Waals surface area contributed by atoms with Gasteiger partial charge in [-0.1, -0.05) is 19.0 Å². The Bertz CT molecular complexity index is 517. The summed E-state index contributed by atoms with van der Waals surface area (Å²) in [4.78, 5) is 18.3. The number of ether oxygens (including phenoxy) is 1. The maximum Gasteiger partial charge on any atom is 0.317 e. The zero-order valence-electron chi connectivity index (χ0n) is 14.0. The van der Waals surface area contributed by atoms with E-state index in [4.69, 9.17) is 9.26 Å². The number of rotatable bonds is 5. The van der Waals surface area contributed by atoms with Gasteiger partial charge in [0.1, 0.15) is 0 Å². The van der Waals surface area contributed by atoms with E-state index in [2.05, 4.69) is 29.3 Å². The van der Waals surface area contributed by atoms with Crippen molar-refractivity contribution >= 4 is 6.03 Å². The minimum Gasteiger partial charge on any atom is -0.393 e. The molecule has 0 spiro atoms. The lowest BCUT2D eigenvalue weighted by atomic mass is 9.87. The smallest absolute Gasteiger partial charge is 0.317 e. The van der Waals surface area contributed by atoms with Gasteiger partial charge in [-0.15, -0.1) is 0 Å². The van der Waals surface area contributed by atoms with Gasteiger partial charge in [0.2, 0.25) is 5.89 Å². The molecule has 2 heterocycles. The van der Waals surface area contributed by atoms with Crippen LogP contribution in [-0.4, -0.2) is 59.1 Å². The van der Waals surface area contributed by atoms with E-state index in [1.807, 2.05) is 0 Å². The quantitative estimate of drug-likeness (QED) is 0.835. The fraction of sp³-hybridized carbons (Fsp3) is 0.800. The molecule has 0 unspecified atom stereocenters. The number of carbonyl (C=O) groups excluding carboxylic acids is 1. The fourth-order valence-corrected chi connectivity index (χ4v) is 2.80. The summed E-state index contributed by atoms with van der Waals surface area (Å²) in [5, 5.41) is 16.5. The Balaban J connectivity index is 1.85. The molecule has 1 aliphatic rings. The zero-order valence-corrected chi connectivity index (χ0v) is 14.0. The molecule has 8 nitrogen and oxygen atoms in total. The third-order valence-corrected chi connectivity index (χ3v) is 3.85. The highest BCUT2D eigenvalue weighted by Gasteiger charge is 2.31. The van der Waals surface area contributed by atoms with Crippen LogP contribution in [0.3, 0.4) is 0 Å². The van der Waals surface area contributed by atoms with Gasteiger partial charge < -0.3 is 24.6 Å². The molecule has 0 radical (unpaired) electrons. The molecular weight excluding hydrogens is 300 g/mol. The van der Waals surface area contributed by atoms with Crippen LogP contribution in [0, 0.1) is 5.41 Å². The molecule has 1 aliphatic heterocycles. The fourth-order valence-electron chi connectivity index (χ4n) is 2.80. The summed E-state index contributed by atoms with van der Waals surface area (Å²) in [6.07, 6.45) is 1.49. The first-order valence-electron chi connectivity index (χ1n) is 7.91. The van der Waals surface area contributed by atoms with Crippen molar-refractivity contribution in [2.24, 2.45) is 5.41 Å². The maximum absolute atomic E-state index is 12.3. The molecule has 1 aromatic rings. The van der Waals surface area contributed by atoms with Gasteiger partial charge in [-0.3, -0.25) is 0 Å². The number of aliphatic hydroxyl groups excluding tert-OH is 1. The van der Waals surface area contributed by atoms with Gasteiger partial charge in [0, 0.05) is 20.2 Å². The Morgan fingerprint density at radius 3 is 3.09 bits per heavy atom. The average molecular weight is 326 g/mol. The molecule has 0 aliphatic carbocycles. The number of hydrogen-bond donors (Lipinski definition) is 2. The standard InChI is InChI=1S/C15H26N4O4/c1-15(2)8-11(20)4-6-19(10-15)14(21)16-9-12-17-13(23-18-12)5-7-22-3/h11,20H,4-10H2,1-3H3,(H,16,21)/t11-/m0/s1. The van der Waals surface area contributed by atoms with Crippen LogP contribution >= 0.6 is 0 Å². The largest absolute Gasteiger partial charge is 0.393 e. The monoisotopic (exact) mass is 326 g/mol. The van der Waals surface area contributed by atoms with Crippen LogP contribution in [-0.2, 0) is 17.7 Å². The topological polar surface area (TPSA) is 101 Å². The van der Waals surface area contributed by atoms with Crippen molar-refractivity contribution in [3.63, 3.8) is 0 Å². The van der Waals surface area contributed by atoms with Crippen LogP contribution in [0.15, 0.2) is 4.52 Å². The molecule has 0 aromatic carbocycles. The van der Waals surface area contributed by atoms with Gasteiger partial charge in [-0.25, -0.2) is 4.79 Å². The number of likely N-dealkylation sites (tertiary alicyclic amines) is 1. The number of aliphatic hydroxyl groups is 1. The molecule has 0 bridgehead atoms. The summed E-state index contributed by atoms with van der Waals surface area (Å²) in [6, 6.07) is -0.171. The molecule has 1 saturated heterocycles. The second-order valence-corrected chi connectivity index (χ2v) is 6.74. The summed E-state index contributed by atoms with van der Waals surface area (Å²) in [6.45, 7) is 6.00. The summed E-state index contributed by atoms with van der Waals surface area (Å²) >= 11 is 0. The highest BCUT2D eigenvalue weighted by Crippen LogP contribution is 2.28. The number of aromatic nitrogens is 2. The van der Waals surface area contributed by atoms with E-state index in [1.54, 1.807) is 12.0 Å². The maximum atomic E-state index is 12.3. The Morgan fingerprint density at radius 2 is 2.35 bits per heavy atom. The average Bonchev–Trinajstić information content (AvgIpc) is 2.88. The molecule has 8 heteroatoms. The van der Waals surface area contributed by atoms with Crippen LogP contribution in [0.5, 0.6) is 0 Å².